The summed E-state index contributed by atoms with van der Waals surface area (Å²) in [6, 6.07) is 0. The number of hydrogen-bond acceptors (Lipinski definition) is 3. The molecule has 1 atom stereocenters. The van der Waals surface area contributed by atoms with E-state index in [2.05, 4.69) is 5.32 Å². The number of ether oxygens (including phenoxy) is 1. The standard InChI is InChI=1S/C10H17NO4/c12-9(11-7-10(13)14)5-4-8-3-1-2-6-15-8/h8H,1-7H2,(H,11,12)(H,13,14). The molecule has 1 aliphatic heterocycles. The van der Waals surface area contributed by atoms with E-state index in [0.29, 0.717) is 12.8 Å². The second-order valence-corrected chi connectivity index (χ2v) is 3.70. The number of carbonyl (C=O) groups is 2. The molecule has 1 heterocycles. The van der Waals surface area contributed by atoms with Crippen molar-refractivity contribution in [2.75, 3.05) is 13.2 Å². The van der Waals surface area contributed by atoms with Crippen LogP contribution in [0.25, 0.3) is 0 Å². The minimum atomic E-state index is -1.02. The lowest BCUT2D eigenvalue weighted by Gasteiger charge is -2.22. The van der Waals surface area contributed by atoms with Crippen molar-refractivity contribution in [3.8, 4) is 0 Å². The molecular weight excluding hydrogens is 198 g/mol. The van der Waals surface area contributed by atoms with Crippen molar-refractivity contribution in [2.45, 2.75) is 38.2 Å². The summed E-state index contributed by atoms with van der Waals surface area (Å²) in [6.45, 7) is 0.478. The van der Waals surface area contributed by atoms with Crippen molar-refractivity contribution < 1.29 is 19.4 Å². The Morgan fingerprint density at radius 3 is 2.80 bits per heavy atom. The number of rotatable bonds is 5. The van der Waals surface area contributed by atoms with Gasteiger partial charge in [-0.2, -0.15) is 0 Å². The van der Waals surface area contributed by atoms with E-state index in [1.165, 1.54) is 0 Å². The van der Waals surface area contributed by atoms with Crippen molar-refractivity contribution in [1.82, 2.24) is 5.32 Å². The minimum absolute atomic E-state index is 0.175. The number of nitrogens with one attached hydrogen (secondary N) is 1. The predicted octanol–water partition coefficient (Wildman–Crippen LogP) is 0.536. The molecule has 0 aromatic rings. The topological polar surface area (TPSA) is 75.6 Å². The highest BCUT2D eigenvalue weighted by molar-refractivity contribution is 5.81. The highest BCUT2D eigenvalue weighted by Gasteiger charge is 2.15. The zero-order chi connectivity index (χ0) is 11.1. The first-order valence-electron chi connectivity index (χ1n) is 5.28. The SMILES string of the molecule is O=C(O)CNC(=O)CCC1CCCCO1. The van der Waals surface area contributed by atoms with Gasteiger partial charge in [0, 0.05) is 13.0 Å². The van der Waals surface area contributed by atoms with E-state index in [9.17, 15) is 9.59 Å². The van der Waals surface area contributed by atoms with Crippen LogP contribution in [0.15, 0.2) is 0 Å². The molecule has 0 aliphatic carbocycles. The van der Waals surface area contributed by atoms with Gasteiger partial charge < -0.3 is 15.2 Å². The fraction of sp³-hybridized carbons (Fsp3) is 0.800. The fourth-order valence-electron chi connectivity index (χ4n) is 1.59. The van der Waals surface area contributed by atoms with Crippen LogP contribution in [0.4, 0.5) is 0 Å². The maximum Gasteiger partial charge on any atom is 0.322 e. The van der Waals surface area contributed by atoms with Crippen LogP contribution in [0.5, 0.6) is 0 Å². The maximum absolute atomic E-state index is 11.2. The number of amides is 1. The van der Waals surface area contributed by atoms with Gasteiger partial charge in [0.2, 0.25) is 5.91 Å². The normalized spacial score (nSPS) is 20.9. The summed E-state index contributed by atoms with van der Waals surface area (Å²) in [4.78, 5) is 21.3. The van der Waals surface area contributed by atoms with Crippen LogP contribution >= 0.6 is 0 Å². The van der Waals surface area contributed by atoms with Gasteiger partial charge in [-0.3, -0.25) is 9.59 Å². The molecule has 0 aromatic heterocycles. The van der Waals surface area contributed by atoms with Gasteiger partial charge >= 0.3 is 5.97 Å². The summed E-state index contributed by atoms with van der Waals surface area (Å²) in [5, 5.41) is 10.7. The van der Waals surface area contributed by atoms with Crippen molar-refractivity contribution in [3.05, 3.63) is 0 Å². The third kappa shape index (κ3) is 5.37. The van der Waals surface area contributed by atoms with Gasteiger partial charge in [-0.25, -0.2) is 0 Å². The van der Waals surface area contributed by atoms with E-state index in [4.69, 9.17) is 9.84 Å². The Bertz CT molecular complexity index is 223. The molecule has 2 N–H and O–H groups in total. The van der Waals surface area contributed by atoms with Crippen LogP contribution in [0.2, 0.25) is 0 Å². The molecule has 0 spiro atoms. The van der Waals surface area contributed by atoms with Crippen LogP contribution < -0.4 is 5.32 Å². The average Bonchev–Trinajstić information content (AvgIpc) is 2.25. The van der Waals surface area contributed by atoms with Gasteiger partial charge in [-0.05, 0) is 25.7 Å². The van der Waals surface area contributed by atoms with Crippen molar-refractivity contribution in [1.29, 1.82) is 0 Å². The van der Waals surface area contributed by atoms with Gasteiger partial charge in [0.15, 0.2) is 0 Å². The first-order chi connectivity index (χ1) is 7.18. The lowest BCUT2D eigenvalue weighted by molar-refractivity contribution is -0.138. The molecule has 15 heavy (non-hydrogen) atoms. The van der Waals surface area contributed by atoms with E-state index in [0.717, 1.165) is 25.9 Å². The van der Waals surface area contributed by atoms with E-state index in [-0.39, 0.29) is 18.6 Å². The molecule has 1 amide bonds. The zero-order valence-corrected chi connectivity index (χ0v) is 8.70. The summed E-state index contributed by atoms with van der Waals surface area (Å²) in [5.74, 6) is -1.23. The Morgan fingerprint density at radius 2 is 2.20 bits per heavy atom. The first kappa shape index (κ1) is 12.0. The molecule has 0 saturated carbocycles. The van der Waals surface area contributed by atoms with Gasteiger partial charge in [-0.15, -0.1) is 0 Å². The van der Waals surface area contributed by atoms with Gasteiger partial charge in [-0.1, -0.05) is 0 Å². The predicted molar refractivity (Wildman–Crippen MR) is 53.5 cm³/mol. The van der Waals surface area contributed by atoms with Crippen molar-refractivity contribution >= 4 is 11.9 Å². The summed E-state index contributed by atoms with van der Waals surface area (Å²) >= 11 is 0. The van der Waals surface area contributed by atoms with Crippen molar-refractivity contribution in [2.24, 2.45) is 0 Å². The number of aliphatic carboxylic acids is 1. The molecule has 1 fully saturated rings. The Kier molecular flexibility index (Phi) is 5.10. The van der Waals surface area contributed by atoms with Crippen LogP contribution in [0.3, 0.4) is 0 Å². The number of carboxylic acids is 1. The maximum atomic E-state index is 11.2. The Morgan fingerprint density at radius 1 is 1.40 bits per heavy atom. The third-order valence-electron chi connectivity index (χ3n) is 2.40. The summed E-state index contributed by atoms with van der Waals surface area (Å²) in [5.41, 5.74) is 0. The molecule has 0 aromatic carbocycles. The van der Waals surface area contributed by atoms with E-state index in [1.54, 1.807) is 0 Å². The second-order valence-electron chi connectivity index (χ2n) is 3.70. The van der Waals surface area contributed by atoms with Crippen molar-refractivity contribution in [3.63, 3.8) is 0 Å². The van der Waals surface area contributed by atoms with Crippen LogP contribution in [0, 0.1) is 0 Å². The van der Waals surface area contributed by atoms with E-state index < -0.39 is 5.97 Å². The summed E-state index contributed by atoms with van der Waals surface area (Å²) in [6.07, 6.45) is 4.47. The monoisotopic (exact) mass is 215 g/mol. The smallest absolute Gasteiger partial charge is 0.322 e. The number of hydrogen-bond donors (Lipinski definition) is 2. The van der Waals surface area contributed by atoms with Crippen LogP contribution in [0.1, 0.15) is 32.1 Å². The quantitative estimate of drug-likeness (QED) is 0.701. The van der Waals surface area contributed by atoms with E-state index >= 15 is 0 Å². The molecule has 5 heteroatoms. The molecule has 0 bridgehead atoms. The molecule has 86 valence electrons. The molecule has 1 rings (SSSR count). The summed E-state index contributed by atoms with van der Waals surface area (Å²) in [7, 11) is 0. The van der Waals surface area contributed by atoms with Gasteiger partial charge in [0.05, 0.1) is 6.10 Å². The lowest BCUT2D eigenvalue weighted by atomic mass is 10.0. The average molecular weight is 215 g/mol. The van der Waals surface area contributed by atoms with Crippen LogP contribution in [-0.4, -0.2) is 36.2 Å². The van der Waals surface area contributed by atoms with Gasteiger partial charge in [0.25, 0.3) is 0 Å². The second kappa shape index (κ2) is 6.40. The molecule has 5 nitrogen and oxygen atoms in total. The number of carbonyl (C=O) groups excluding carboxylic acids is 1. The molecule has 1 saturated heterocycles. The first-order valence-corrected chi connectivity index (χ1v) is 5.28. The highest BCUT2D eigenvalue weighted by Crippen LogP contribution is 2.16. The Labute approximate surface area is 88.8 Å². The minimum Gasteiger partial charge on any atom is -0.480 e. The molecule has 0 radical (unpaired) electrons. The lowest BCUT2D eigenvalue weighted by Crippen LogP contribution is -2.30. The largest absolute Gasteiger partial charge is 0.480 e. The number of carboxylic acid groups (broad SMARTS) is 1. The molecule has 1 aliphatic rings. The third-order valence-corrected chi connectivity index (χ3v) is 2.40. The fourth-order valence-corrected chi connectivity index (χ4v) is 1.59. The Hall–Kier alpha value is -1.10. The molecular formula is C10H17NO4. The zero-order valence-electron chi connectivity index (χ0n) is 8.70. The summed E-state index contributed by atoms with van der Waals surface area (Å²) < 4.78 is 5.46. The van der Waals surface area contributed by atoms with Gasteiger partial charge in [0.1, 0.15) is 6.54 Å². The Balaban J connectivity index is 2.07. The van der Waals surface area contributed by atoms with Crippen LogP contribution in [-0.2, 0) is 14.3 Å². The van der Waals surface area contributed by atoms with E-state index in [1.807, 2.05) is 0 Å². The highest BCUT2D eigenvalue weighted by atomic mass is 16.5. The molecule has 1 unspecified atom stereocenters.